The molecule has 0 saturated carbocycles. The van der Waals surface area contributed by atoms with Crippen molar-refractivity contribution in [2.24, 2.45) is 0 Å². The van der Waals surface area contributed by atoms with Crippen molar-refractivity contribution in [2.45, 2.75) is 25.7 Å². The summed E-state index contributed by atoms with van der Waals surface area (Å²) in [6.07, 6.45) is 0. The van der Waals surface area contributed by atoms with E-state index in [9.17, 15) is 0 Å². The van der Waals surface area contributed by atoms with Gasteiger partial charge in [0, 0.05) is 0 Å². The first-order valence-electron chi connectivity index (χ1n) is 8.87. The maximum atomic E-state index is 5.50. The highest BCUT2D eigenvalue weighted by Gasteiger charge is 2.14. The smallest absolute Gasteiger partial charge is 0.141 e. The van der Waals surface area contributed by atoms with Crippen LogP contribution in [0.1, 0.15) is 11.6 Å². The summed E-state index contributed by atoms with van der Waals surface area (Å²) in [7, 11) is 0.216. The van der Waals surface area contributed by atoms with Crippen molar-refractivity contribution in [3.8, 4) is 17.2 Å². The van der Waals surface area contributed by atoms with Crippen molar-refractivity contribution in [1.82, 2.24) is 0 Å². The summed E-state index contributed by atoms with van der Waals surface area (Å²) in [5, 5.41) is 6.05. The topological polar surface area (TPSA) is 21.3 Å². The molecule has 0 spiro atoms. The molecule has 3 heteroatoms. The standard InChI is InChI=1S/C23H25NOSi/c1-25-23-12-8-7-11-22(23)24-21(15-16-26(2,3)4)20-14-13-18-9-5-6-10-19(18)17-20/h5-14,17,21,24H,1-4H3/t21-/m0/s1. The van der Waals surface area contributed by atoms with Crippen LogP contribution in [0.4, 0.5) is 5.69 Å². The number of hydrogen-bond donors (Lipinski definition) is 1. The number of methoxy groups -OCH3 is 1. The molecule has 0 unspecified atom stereocenters. The molecule has 1 atom stereocenters. The van der Waals surface area contributed by atoms with Gasteiger partial charge in [-0.2, -0.15) is 0 Å². The Bertz CT molecular complexity index is 963. The van der Waals surface area contributed by atoms with Crippen LogP contribution in [-0.2, 0) is 0 Å². The highest BCUT2D eigenvalue weighted by molar-refractivity contribution is 6.83. The zero-order valence-corrected chi connectivity index (χ0v) is 16.8. The molecule has 3 aromatic carbocycles. The number of hydrogen-bond acceptors (Lipinski definition) is 2. The number of benzene rings is 3. The van der Waals surface area contributed by atoms with Crippen LogP contribution in [0.5, 0.6) is 5.75 Å². The Morgan fingerprint density at radius 3 is 2.31 bits per heavy atom. The molecular formula is C23H25NOSi. The van der Waals surface area contributed by atoms with E-state index in [0.29, 0.717) is 0 Å². The summed E-state index contributed by atoms with van der Waals surface area (Å²) in [6.45, 7) is 6.79. The molecular weight excluding hydrogens is 334 g/mol. The van der Waals surface area contributed by atoms with Crippen LogP contribution >= 0.6 is 0 Å². The summed E-state index contributed by atoms with van der Waals surface area (Å²) in [5.41, 5.74) is 5.64. The molecule has 0 radical (unpaired) electrons. The monoisotopic (exact) mass is 359 g/mol. The van der Waals surface area contributed by atoms with Gasteiger partial charge in [0.1, 0.15) is 19.9 Å². The van der Waals surface area contributed by atoms with Gasteiger partial charge in [-0.05, 0) is 34.5 Å². The number of rotatable bonds is 4. The van der Waals surface area contributed by atoms with Crippen LogP contribution in [0.2, 0.25) is 19.6 Å². The average molecular weight is 360 g/mol. The summed E-state index contributed by atoms with van der Waals surface area (Å²) >= 11 is 0. The molecule has 0 aromatic heterocycles. The van der Waals surface area contributed by atoms with Gasteiger partial charge in [-0.25, -0.2) is 0 Å². The van der Waals surface area contributed by atoms with E-state index in [1.807, 2.05) is 24.3 Å². The van der Waals surface area contributed by atoms with E-state index < -0.39 is 8.07 Å². The molecule has 0 fully saturated rings. The second-order valence-electron chi connectivity index (χ2n) is 7.40. The van der Waals surface area contributed by atoms with Gasteiger partial charge in [-0.3, -0.25) is 0 Å². The van der Waals surface area contributed by atoms with E-state index in [-0.39, 0.29) is 6.04 Å². The lowest BCUT2D eigenvalue weighted by Gasteiger charge is -2.18. The average Bonchev–Trinajstić information content (AvgIpc) is 2.64. The third-order valence-corrected chi connectivity index (χ3v) is 5.00. The number of nitrogens with one attached hydrogen (secondary N) is 1. The molecule has 3 rings (SSSR count). The Balaban J connectivity index is 2.02. The van der Waals surface area contributed by atoms with Crippen LogP contribution in [0.25, 0.3) is 10.8 Å². The van der Waals surface area contributed by atoms with Gasteiger partial charge >= 0.3 is 0 Å². The van der Waals surface area contributed by atoms with E-state index >= 15 is 0 Å². The summed E-state index contributed by atoms with van der Waals surface area (Å²) in [4.78, 5) is 0. The molecule has 0 aliphatic heterocycles. The van der Waals surface area contributed by atoms with Crippen molar-refractivity contribution in [3.63, 3.8) is 0 Å². The minimum absolute atomic E-state index is 0.0809. The largest absolute Gasteiger partial charge is 0.495 e. The molecule has 26 heavy (non-hydrogen) atoms. The molecule has 132 valence electrons. The fraction of sp³-hybridized carbons (Fsp3) is 0.217. The van der Waals surface area contributed by atoms with Crippen molar-refractivity contribution in [1.29, 1.82) is 0 Å². The van der Waals surface area contributed by atoms with Gasteiger partial charge in [0.2, 0.25) is 0 Å². The predicted octanol–water partition coefficient (Wildman–Crippen LogP) is 5.88. The van der Waals surface area contributed by atoms with Crippen LogP contribution in [0.15, 0.2) is 66.7 Å². The van der Waals surface area contributed by atoms with Crippen LogP contribution in [0, 0.1) is 11.5 Å². The first-order chi connectivity index (χ1) is 12.5. The van der Waals surface area contributed by atoms with E-state index in [0.717, 1.165) is 11.4 Å². The Kier molecular flexibility index (Phi) is 5.34. The number of fused-ring (bicyclic) bond motifs is 1. The predicted molar refractivity (Wildman–Crippen MR) is 114 cm³/mol. The lowest BCUT2D eigenvalue weighted by Crippen LogP contribution is -2.18. The molecule has 1 N–H and O–H groups in total. The summed E-state index contributed by atoms with van der Waals surface area (Å²) in [6, 6.07) is 22.9. The van der Waals surface area contributed by atoms with Gasteiger partial charge in [0.05, 0.1) is 12.8 Å². The third kappa shape index (κ3) is 4.47. The van der Waals surface area contributed by atoms with E-state index in [1.54, 1.807) is 7.11 Å². The molecule has 3 aromatic rings. The SMILES string of the molecule is COc1ccccc1N[C@@H](C#C[Si](C)(C)C)c1ccc2ccccc2c1. The zero-order chi connectivity index (χ0) is 18.6. The first-order valence-corrected chi connectivity index (χ1v) is 12.4. The molecule has 0 amide bonds. The van der Waals surface area contributed by atoms with Crippen molar-refractivity contribution in [3.05, 3.63) is 72.3 Å². The van der Waals surface area contributed by atoms with Gasteiger partial charge in [0.25, 0.3) is 0 Å². The van der Waals surface area contributed by atoms with E-state index in [4.69, 9.17) is 4.74 Å². The number of anilines is 1. The maximum Gasteiger partial charge on any atom is 0.141 e. The Morgan fingerprint density at radius 1 is 0.885 bits per heavy atom. The molecule has 0 heterocycles. The zero-order valence-electron chi connectivity index (χ0n) is 15.8. The van der Waals surface area contributed by atoms with Crippen LogP contribution < -0.4 is 10.1 Å². The molecule has 0 bridgehead atoms. The second-order valence-corrected chi connectivity index (χ2v) is 12.2. The number of ether oxygens (including phenoxy) is 1. The van der Waals surface area contributed by atoms with Crippen molar-refractivity contribution >= 4 is 24.5 Å². The Morgan fingerprint density at radius 2 is 1.58 bits per heavy atom. The molecule has 0 aliphatic rings. The Hall–Kier alpha value is -2.70. The van der Waals surface area contributed by atoms with Gasteiger partial charge in [0.15, 0.2) is 0 Å². The molecule has 0 aliphatic carbocycles. The quantitative estimate of drug-likeness (QED) is 0.464. The van der Waals surface area contributed by atoms with Crippen molar-refractivity contribution in [2.75, 3.05) is 12.4 Å². The van der Waals surface area contributed by atoms with Gasteiger partial charge < -0.3 is 10.1 Å². The maximum absolute atomic E-state index is 5.50. The summed E-state index contributed by atoms with van der Waals surface area (Å²) in [5.74, 6) is 4.31. The van der Waals surface area contributed by atoms with Crippen molar-refractivity contribution < 1.29 is 4.74 Å². The third-order valence-electron chi connectivity index (χ3n) is 4.11. The number of para-hydroxylation sites is 2. The van der Waals surface area contributed by atoms with Crippen LogP contribution in [0.3, 0.4) is 0 Å². The Labute approximate surface area is 157 Å². The fourth-order valence-corrected chi connectivity index (χ4v) is 3.38. The normalized spacial score (nSPS) is 12.2. The van der Waals surface area contributed by atoms with Gasteiger partial charge in [-0.1, -0.05) is 74.1 Å². The van der Waals surface area contributed by atoms with E-state index in [2.05, 4.69) is 78.9 Å². The molecule has 2 nitrogen and oxygen atoms in total. The van der Waals surface area contributed by atoms with Crippen LogP contribution in [-0.4, -0.2) is 15.2 Å². The molecule has 0 saturated heterocycles. The minimum atomic E-state index is -1.48. The first kappa shape index (κ1) is 18.1. The fourth-order valence-electron chi connectivity index (χ4n) is 2.80. The lowest BCUT2D eigenvalue weighted by molar-refractivity contribution is 0.416. The van der Waals surface area contributed by atoms with E-state index in [1.165, 1.54) is 16.3 Å². The second kappa shape index (κ2) is 7.68. The van der Waals surface area contributed by atoms with Gasteiger partial charge in [-0.15, -0.1) is 5.54 Å². The summed E-state index contributed by atoms with van der Waals surface area (Å²) < 4.78 is 5.50. The highest BCUT2D eigenvalue weighted by atomic mass is 28.3. The highest BCUT2D eigenvalue weighted by Crippen LogP contribution is 2.29. The lowest BCUT2D eigenvalue weighted by atomic mass is 10.0. The minimum Gasteiger partial charge on any atom is -0.495 e.